The smallest absolute Gasteiger partial charge is 0.240 e. The third kappa shape index (κ3) is 3.54. The van der Waals surface area contributed by atoms with Crippen molar-refractivity contribution in [2.75, 3.05) is 18.4 Å². The fourth-order valence-corrected chi connectivity index (χ4v) is 3.20. The Morgan fingerprint density at radius 1 is 0.957 bits per heavy atom. The quantitative estimate of drug-likeness (QED) is 0.869. The number of amides is 2. The molecule has 0 bridgehead atoms. The lowest BCUT2D eigenvalue weighted by atomic mass is 10.0. The highest BCUT2D eigenvalue weighted by molar-refractivity contribution is 6.13. The first kappa shape index (κ1) is 16.0. The number of rotatable bonds is 3. The molecule has 0 radical (unpaired) electrons. The molecular formula is C18H23FN2O2. The summed E-state index contributed by atoms with van der Waals surface area (Å²) in [5, 5.41) is 2.77. The van der Waals surface area contributed by atoms with Crippen LogP contribution in [-0.2, 0) is 9.59 Å². The van der Waals surface area contributed by atoms with Gasteiger partial charge in [-0.15, -0.1) is 0 Å². The van der Waals surface area contributed by atoms with Crippen molar-refractivity contribution in [2.24, 2.45) is 5.41 Å². The molecule has 5 heteroatoms. The van der Waals surface area contributed by atoms with E-state index in [1.807, 2.05) is 4.90 Å². The van der Waals surface area contributed by atoms with Crippen molar-refractivity contribution in [2.45, 2.75) is 44.9 Å². The number of carbonyl (C=O) groups excluding carboxylic acids is 2. The summed E-state index contributed by atoms with van der Waals surface area (Å²) in [5.41, 5.74) is -0.365. The highest BCUT2D eigenvalue weighted by Crippen LogP contribution is 2.48. The van der Waals surface area contributed by atoms with Gasteiger partial charge in [-0.2, -0.15) is 0 Å². The van der Waals surface area contributed by atoms with Gasteiger partial charge in [0.2, 0.25) is 11.8 Å². The fraction of sp³-hybridized carbons (Fsp3) is 0.556. The minimum Gasteiger partial charge on any atom is -0.342 e. The SMILES string of the molecule is O=C(Nc1ccc(F)cc1)C1(C(=O)N2CCCCCCC2)CC1. The van der Waals surface area contributed by atoms with Crippen molar-refractivity contribution < 1.29 is 14.0 Å². The van der Waals surface area contributed by atoms with Gasteiger partial charge in [0.25, 0.3) is 0 Å². The molecule has 1 saturated heterocycles. The van der Waals surface area contributed by atoms with E-state index in [0.717, 1.165) is 38.8 Å². The van der Waals surface area contributed by atoms with E-state index >= 15 is 0 Å². The highest BCUT2D eigenvalue weighted by Gasteiger charge is 2.57. The number of nitrogens with one attached hydrogen (secondary N) is 1. The molecule has 1 heterocycles. The lowest BCUT2D eigenvalue weighted by Crippen LogP contribution is -2.44. The Morgan fingerprint density at radius 2 is 1.52 bits per heavy atom. The van der Waals surface area contributed by atoms with Crippen LogP contribution in [0.5, 0.6) is 0 Å². The first-order chi connectivity index (χ1) is 11.1. The molecular weight excluding hydrogens is 295 g/mol. The van der Waals surface area contributed by atoms with Gasteiger partial charge >= 0.3 is 0 Å². The molecule has 2 fully saturated rings. The van der Waals surface area contributed by atoms with Crippen molar-refractivity contribution in [3.05, 3.63) is 30.1 Å². The summed E-state index contributed by atoms with van der Waals surface area (Å²) in [4.78, 5) is 27.3. The number of nitrogens with zero attached hydrogens (tertiary/aromatic N) is 1. The summed E-state index contributed by atoms with van der Waals surface area (Å²) in [6.07, 6.45) is 6.78. The largest absolute Gasteiger partial charge is 0.342 e. The van der Waals surface area contributed by atoms with Gasteiger partial charge in [0.05, 0.1) is 0 Å². The van der Waals surface area contributed by atoms with Gasteiger partial charge in [0, 0.05) is 18.8 Å². The number of benzene rings is 1. The molecule has 1 aliphatic heterocycles. The molecule has 2 amide bonds. The first-order valence-corrected chi connectivity index (χ1v) is 8.48. The number of likely N-dealkylation sites (tertiary alicyclic amines) is 1. The predicted octanol–water partition coefficient (Wildman–Crippen LogP) is 3.34. The number of halogens is 1. The third-order valence-electron chi connectivity index (χ3n) is 4.84. The van der Waals surface area contributed by atoms with Gasteiger partial charge in [0.15, 0.2) is 0 Å². The minimum absolute atomic E-state index is 0.0287. The third-order valence-corrected chi connectivity index (χ3v) is 4.84. The predicted molar refractivity (Wildman–Crippen MR) is 86.4 cm³/mol. The highest BCUT2D eigenvalue weighted by atomic mass is 19.1. The molecule has 0 spiro atoms. The van der Waals surface area contributed by atoms with Gasteiger partial charge in [-0.25, -0.2) is 4.39 Å². The summed E-state index contributed by atoms with van der Waals surface area (Å²) >= 11 is 0. The van der Waals surface area contributed by atoms with Crippen molar-refractivity contribution in [1.29, 1.82) is 0 Å². The Hall–Kier alpha value is -1.91. The van der Waals surface area contributed by atoms with Gasteiger partial charge in [-0.1, -0.05) is 19.3 Å². The van der Waals surface area contributed by atoms with E-state index in [1.165, 1.54) is 30.7 Å². The molecule has 0 atom stereocenters. The average molecular weight is 318 g/mol. The van der Waals surface area contributed by atoms with Crippen LogP contribution in [0.3, 0.4) is 0 Å². The van der Waals surface area contributed by atoms with Crippen molar-refractivity contribution in [1.82, 2.24) is 4.90 Å². The Kier molecular flexibility index (Phi) is 4.64. The number of anilines is 1. The molecule has 0 unspecified atom stereocenters. The van der Waals surface area contributed by atoms with E-state index in [-0.39, 0.29) is 17.6 Å². The fourth-order valence-electron chi connectivity index (χ4n) is 3.20. The van der Waals surface area contributed by atoms with Crippen LogP contribution in [0, 0.1) is 11.2 Å². The molecule has 1 saturated carbocycles. The number of carbonyl (C=O) groups is 2. The topological polar surface area (TPSA) is 49.4 Å². The number of hydrogen-bond acceptors (Lipinski definition) is 2. The zero-order valence-electron chi connectivity index (χ0n) is 13.3. The molecule has 4 nitrogen and oxygen atoms in total. The van der Waals surface area contributed by atoms with Gasteiger partial charge in [0.1, 0.15) is 11.2 Å². The van der Waals surface area contributed by atoms with Crippen LogP contribution in [0.4, 0.5) is 10.1 Å². The Bertz CT molecular complexity index is 573. The monoisotopic (exact) mass is 318 g/mol. The van der Waals surface area contributed by atoms with Crippen molar-refractivity contribution in [3.63, 3.8) is 0 Å². The molecule has 124 valence electrons. The van der Waals surface area contributed by atoms with Crippen LogP contribution in [0.25, 0.3) is 0 Å². The Labute approximate surface area is 136 Å². The van der Waals surface area contributed by atoms with E-state index < -0.39 is 5.41 Å². The molecule has 1 aromatic rings. The van der Waals surface area contributed by atoms with Gasteiger partial charge in [-0.05, 0) is 49.9 Å². The van der Waals surface area contributed by atoms with Gasteiger partial charge < -0.3 is 10.2 Å². The maximum Gasteiger partial charge on any atom is 0.240 e. The van der Waals surface area contributed by atoms with E-state index in [0.29, 0.717) is 18.5 Å². The number of hydrogen-bond donors (Lipinski definition) is 1. The van der Waals surface area contributed by atoms with Crippen LogP contribution in [0.1, 0.15) is 44.9 Å². The molecule has 3 rings (SSSR count). The molecule has 1 aromatic carbocycles. The summed E-state index contributed by atoms with van der Waals surface area (Å²) in [5.74, 6) is -0.629. The Balaban J connectivity index is 1.66. The second-order valence-corrected chi connectivity index (χ2v) is 6.60. The lowest BCUT2D eigenvalue weighted by molar-refractivity contribution is -0.142. The van der Waals surface area contributed by atoms with Crippen molar-refractivity contribution >= 4 is 17.5 Å². The summed E-state index contributed by atoms with van der Waals surface area (Å²) in [7, 11) is 0. The summed E-state index contributed by atoms with van der Waals surface area (Å²) in [6, 6.07) is 5.64. The second-order valence-electron chi connectivity index (χ2n) is 6.60. The standard InChI is InChI=1S/C18H23FN2O2/c19-14-6-8-15(9-7-14)20-16(22)18(10-11-18)17(23)21-12-4-2-1-3-5-13-21/h6-9H,1-5,10-13H2,(H,20,22). The van der Waals surface area contributed by atoms with Crippen LogP contribution in [0.15, 0.2) is 24.3 Å². The molecule has 1 aliphatic carbocycles. The first-order valence-electron chi connectivity index (χ1n) is 8.48. The van der Waals surface area contributed by atoms with Crippen molar-refractivity contribution in [3.8, 4) is 0 Å². The molecule has 0 aromatic heterocycles. The summed E-state index contributed by atoms with van der Waals surface area (Å²) < 4.78 is 12.9. The molecule has 23 heavy (non-hydrogen) atoms. The van der Waals surface area contributed by atoms with E-state index in [4.69, 9.17) is 0 Å². The van der Waals surface area contributed by atoms with Crippen LogP contribution in [-0.4, -0.2) is 29.8 Å². The Morgan fingerprint density at radius 3 is 2.09 bits per heavy atom. The van der Waals surface area contributed by atoms with E-state index in [1.54, 1.807) is 0 Å². The average Bonchev–Trinajstić information content (AvgIpc) is 3.30. The normalized spacial score (nSPS) is 20.3. The lowest BCUT2D eigenvalue weighted by Gasteiger charge is -2.28. The second kappa shape index (κ2) is 6.69. The van der Waals surface area contributed by atoms with Crippen LogP contribution in [0.2, 0.25) is 0 Å². The van der Waals surface area contributed by atoms with Crippen LogP contribution < -0.4 is 5.32 Å². The molecule has 2 aliphatic rings. The maximum atomic E-state index is 12.9. The van der Waals surface area contributed by atoms with Gasteiger partial charge in [-0.3, -0.25) is 9.59 Å². The molecule has 1 N–H and O–H groups in total. The van der Waals surface area contributed by atoms with E-state index in [2.05, 4.69) is 5.32 Å². The zero-order chi connectivity index (χ0) is 16.3. The minimum atomic E-state index is -0.895. The van der Waals surface area contributed by atoms with E-state index in [9.17, 15) is 14.0 Å². The maximum absolute atomic E-state index is 12.9. The zero-order valence-corrected chi connectivity index (χ0v) is 13.3. The summed E-state index contributed by atoms with van der Waals surface area (Å²) in [6.45, 7) is 1.51. The van der Waals surface area contributed by atoms with Crippen LogP contribution >= 0.6 is 0 Å².